The van der Waals surface area contributed by atoms with Crippen LogP contribution in [-0.2, 0) is 4.74 Å². The Labute approximate surface area is 219 Å². The lowest BCUT2D eigenvalue weighted by atomic mass is 10.1. The van der Waals surface area contributed by atoms with Crippen molar-refractivity contribution in [2.24, 2.45) is 21.5 Å². The molecule has 1 unspecified atom stereocenters. The van der Waals surface area contributed by atoms with Crippen molar-refractivity contribution < 1.29 is 9.13 Å². The van der Waals surface area contributed by atoms with E-state index in [9.17, 15) is 4.39 Å². The minimum Gasteiger partial charge on any atom is -0.483 e. The van der Waals surface area contributed by atoms with Crippen LogP contribution in [0.15, 0.2) is 92.9 Å². The highest BCUT2D eigenvalue weighted by molar-refractivity contribution is 6.33. The topological polar surface area (TPSA) is 108 Å². The number of aliphatic imine (C=N–C) groups is 2. The second-order valence-electron chi connectivity index (χ2n) is 8.21. The molecule has 0 bridgehead atoms. The third-order valence-electron chi connectivity index (χ3n) is 5.26. The Kier molecular flexibility index (Phi) is 14.2. The fraction of sp³-hybridized carbons (Fsp3) is 0.357. The number of nitrogens with two attached hydrogens (primary N) is 2. The van der Waals surface area contributed by atoms with Gasteiger partial charge in [-0.15, -0.1) is 0 Å². The van der Waals surface area contributed by atoms with Crippen LogP contribution in [0.25, 0.3) is 6.08 Å². The highest BCUT2D eigenvalue weighted by Gasteiger charge is 2.22. The highest BCUT2D eigenvalue weighted by Crippen LogP contribution is 2.25. The maximum Gasteiger partial charge on any atom is 0.173 e. The molecule has 0 radical (unpaired) electrons. The molecule has 0 aromatic heterocycles. The lowest BCUT2D eigenvalue weighted by molar-refractivity contribution is 0.315. The van der Waals surface area contributed by atoms with Crippen LogP contribution in [-0.4, -0.2) is 38.0 Å². The smallest absolute Gasteiger partial charge is 0.173 e. The fourth-order valence-electron chi connectivity index (χ4n) is 3.03. The van der Waals surface area contributed by atoms with Gasteiger partial charge < -0.3 is 21.5 Å². The van der Waals surface area contributed by atoms with E-state index < -0.39 is 5.83 Å². The van der Waals surface area contributed by atoms with Crippen molar-refractivity contribution in [3.8, 4) is 0 Å². The van der Waals surface area contributed by atoms with E-state index in [1.54, 1.807) is 18.2 Å². The molecule has 6 nitrogen and oxygen atoms in total. The third kappa shape index (κ3) is 12.1. The number of unbranched alkanes of at least 4 members (excludes halogenated alkanes) is 1. The van der Waals surface area contributed by atoms with E-state index in [1.165, 1.54) is 6.40 Å². The van der Waals surface area contributed by atoms with Crippen LogP contribution in [0.3, 0.4) is 0 Å². The van der Waals surface area contributed by atoms with Crippen LogP contribution in [0.2, 0.25) is 0 Å². The van der Waals surface area contributed by atoms with E-state index in [1.807, 2.05) is 42.5 Å². The first-order chi connectivity index (χ1) is 17.5. The number of nitrogens with one attached hydrogen (secondary N) is 1. The van der Waals surface area contributed by atoms with E-state index in [-0.39, 0.29) is 16.6 Å². The zero-order chi connectivity index (χ0) is 26.0. The van der Waals surface area contributed by atoms with Gasteiger partial charge in [0.1, 0.15) is 11.7 Å². The molecule has 1 aliphatic heterocycles. The van der Waals surface area contributed by atoms with Crippen molar-refractivity contribution in [1.82, 2.24) is 5.32 Å². The molecule has 0 saturated carbocycles. The largest absolute Gasteiger partial charge is 0.483 e. The number of nitrogens with zero attached hydrogens (tertiary/aromatic N) is 2. The summed E-state index contributed by atoms with van der Waals surface area (Å²) in [5.74, 6) is 0.183. The Morgan fingerprint density at radius 1 is 1.19 bits per heavy atom. The van der Waals surface area contributed by atoms with Crippen molar-refractivity contribution in [1.29, 1.82) is 0 Å². The lowest BCUT2D eigenvalue weighted by Crippen LogP contribution is -2.17. The summed E-state index contributed by atoms with van der Waals surface area (Å²) >= 11 is 6.50. The number of hydrogen-bond donors (Lipinski definition) is 3. The maximum absolute atomic E-state index is 15.0. The molecule has 0 aliphatic carbocycles. The number of benzene rings is 1. The summed E-state index contributed by atoms with van der Waals surface area (Å²) in [6.45, 7) is 3.75. The van der Waals surface area contributed by atoms with E-state index >= 15 is 0 Å². The van der Waals surface area contributed by atoms with Gasteiger partial charge in [0, 0.05) is 18.2 Å². The van der Waals surface area contributed by atoms with Crippen LogP contribution < -0.4 is 16.8 Å². The highest BCUT2D eigenvalue weighted by atomic mass is 35.5. The molecule has 5 N–H and O–H groups in total. The summed E-state index contributed by atoms with van der Waals surface area (Å²) in [7, 11) is 0. The van der Waals surface area contributed by atoms with Gasteiger partial charge in [0.05, 0.1) is 23.5 Å². The summed E-state index contributed by atoms with van der Waals surface area (Å²) in [5, 5.41) is 3.32. The molecule has 36 heavy (non-hydrogen) atoms. The van der Waals surface area contributed by atoms with E-state index in [4.69, 9.17) is 27.8 Å². The summed E-state index contributed by atoms with van der Waals surface area (Å²) in [5.41, 5.74) is 13.4. The van der Waals surface area contributed by atoms with Crippen molar-refractivity contribution >= 4 is 29.9 Å². The number of amidine groups is 1. The first-order valence-electron chi connectivity index (χ1n) is 12.3. The predicted molar refractivity (Wildman–Crippen MR) is 150 cm³/mol. The van der Waals surface area contributed by atoms with Gasteiger partial charge in [-0.25, -0.2) is 9.38 Å². The van der Waals surface area contributed by atoms with Gasteiger partial charge in [-0.3, -0.25) is 4.99 Å². The summed E-state index contributed by atoms with van der Waals surface area (Å²) in [6, 6.07) is 10.1. The fourth-order valence-corrected chi connectivity index (χ4v) is 3.29. The van der Waals surface area contributed by atoms with E-state index in [0.717, 1.165) is 49.0 Å². The molecule has 1 heterocycles. The predicted octanol–water partition coefficient (Wildman–Crippen LogP) is 5.75. The number of allylic oxidation sites excluding steroid dienone is 7. The standard InChI is InChI=1S/C28H37ClFN5O/c1-2-23(32)14-8-9-17-34-28-27(35-28)19-25(29)24(26(30)20-33-21-36-18-10-16-31)15-7-6-13-22-11-4-3-5-12-22/h3-7,11-13,15,19-21,23H,2,8-10,14,16-18,31-32H2,1H3,(H,34,35)/b13-6-,15-7-,25-24+,26-20-,27-19-,33-21?. The van der Waals surface area contributed by atoms with Crippen molar-refractivity contribution in [3.05, 3.63) is 88.5 Å². The molecule has 1 aromatic carbocycles. The van der Waals surface area contributed by atoms with Crippen molar-refractivity contribution in [2.75, 3.05) is 19.7 Å². The average Bonchev–Trinajstić information content (AvgIpc) is 3.63. The van der Waals surface area contributed by atoms with Crippen LogP contribution in [0.5, 0.6) is 0 Å². The Hall–Kier alpha value is -3.00. The summed E-state index contributed by atoms with van der Waals surface area (Å²) in [6.07, 6.45) is 15.7. The van der Waals surface area contributed by atoms with Gasteiger partial charge in [0.2, 0.25) is 0 Å². The molecular formula is C28H37ClFN5O. The van der Waals surface area contributed by atoms with Gasteiger partial charge in [-0.05, 0) is 43.9 Å². The normalized spacial score (nSPS) is 17.9. The van der Waals surface area contributed by atoms with Gasteiger partial charge in [0.25, 0.3) is 0 Å². The molecule has 1 saturated heterocycles. The first kappa shape index (κ1) is 29.2. The Morgan fingerprint density at radius 3 is 2.75 bits per heavy atom. The first-order valence-corrected chi connectivity index (χ1v) is 12.7. The van der Waals surface area contributed by atoms with Crippen LogP contribution in [0.1, 0.15) is 44.6 Å². The number of hydrogen-bond acceptors (Lipinski definition) is 5. The Morgan fingerprint density at radius 2 is 2.00 bits per heavy atom. The maximum atomic E-state index is 15.0. The third-order valence-corrected chi connectivity index (χ3v) is 5.57. The summed E-state index contributed by atoms with van der Waals surface area (Å²) in [4.78, 5) is 8.39. The molecule has 1 fully saturated rings. The average molecular weight is 514 g/mol. The molecule has 8 heteroatoms. The molecule has 1 aromatic rings. The van der Waals surface area contributed by atoms with Gasteiger partial charge in [-0.2, -0.15) is 0 Å². The molecular weight excluding hydrogens is 477 g/mol. The Bertz CT molecular complexity index is 1010. The molecule has 2 rings (SSSR count). The summed E-state index contributed by atoms with van der Waals surface area (Å²) < 4.78 is 20.1. The molecule has 1 atom stereocenters. The van der Waals surface area contributed by atoms with Crippen LogP contribution in [0.4, 0.5) is 4.39 Å². The SMILES string of the molecule is CCC(N)CCCCN=C1N\C1=C/C(Cl)=C(/C=C\C=C/c1ccccc1)C(\F)=C\N=COCCCN. The van der Waals surface area contributed by atoms with Crippen molar-refractivity contribution in [2.45, 2.75) is 45.1 Å². The zero-order valence-electron chi connectivity index (χ0n) is 20.9. The number of ether oxygens (including phenoxy) is 1. The molecule has 0 amide bonds. The van der Waals surface area contributed by atoms with Gasteiger partial charge >= 0.3 is 0 Å². The zero-order valence-corrected chi connectivity index (χ0v) is 21.6. The minimum absolute atomic E-state index is 0.197. The van der Waals surface area contributed by atoms with Crippen LogP contribution in [0, 0.1) is 0 Å². The Balaban J connectivity index is 2.08. The minimum atomic E-state index is -0.591. The quantitative estimate of drug-likeness (QED) is 0.0859. The monoisotopic (exact) mass is 513 g/mol. The van der Waals surface area contributed by atoms with Gasteiger partial charge in [-0.1, -0.05) is 79.6 Å². The van der Waals surface area contributed by atoms with E-state index in [0.29, 0.717) is 26.1 Å². The number of rotatable bonds is 16. The van der Waals surface area contributed by atoms with Crippen LogP contribution >= 0.6 is 11.6 Å². The molecule has 194 valence electrons. The molecule has 0 spiro atoms. The second-order valence-corrected chi connectivity index (χ2v) is 8.62. The molecule has 1 aliphatic rings. The van der Waals surface area contributed by atoms with Crippen molar-refractivity contribution in [3.63, 3.8) is 0 Å². The van der Waals surface area contributed by atoms with Gasteiger partial charge in [0.15, 0.2) is 6.40 Å². The second kappa shape index (κ2) is 17.4. The number of halogens is 2. The lowest BCUT2D eigenvalue weighted by Gasteiger charge is -2.06. The van der Waals surface area contributed by atoms with E-state index in [2.05, 4.69) is 22.2 Å².